The van der Waals surface area contributed by atoms with E-state index in [2.05, 4.69) is 13.0 Å². The van der Waals surface area contributed by atoms with Crippen LogP contribution in [0.3, 0.4) is 0 Å². The molecule has 2 nitrogen and oxygen atoms in total. The highest BCUT2D eigenvalue weighted by Crippen LogP contribution is 2.73. The molecular weight excluding hydrogens is 260 g/mol. The van der Waals surface area contributed by atoms with Gasteiger partial charge in [0.1, 0.15) is 11.5 Å². The number of ketones is 1. The van der Waals surface area contributed by atoms with E-state index in [1.807, 2.05) is 12.1 Å². The Morgan fingerprint density at radius 2 is 2.24 bits per heavy atom. The van der Waals surface area contributed by atoms with Crippen LogP contribution in [0.2, 0.25) is 0 Å². The lowest BCUT2D eigenvalue weighted by molar-refractivity contribution is -0.158. The third-order valence-corrected chi connectivity index (χ3v) is 6.72. The van der Waals surface area contributed by atoms with Crippen molar-refractivity contribution in [2.45, 2.75) is 63.7 Å². The number of fused-ring (bicyclic) bond motifs is 3. The molecule has 0 radical (unpaired) electrons. The Hall–Kier alpha value is -1.31. The largest absolute Gasteiger partial charge is 0.508 e. The monoisotopic (exact) mass is 284 g/mol. The van der Waals surface area contributed by atoms with Crippen molar-refractivity contribution in [3.8, 4) is 5.75 Å². The van der Waals surface area contributed by atoms with Crippen LogP contribution in [0.5, 0.6) is 5.75 Å². The molecule has 0 aliphatic heterocycles. The van der Waals surface area contributed by atoms with E-state index < -0.39 is 0 Å². The smallest absolute Gasteiger partial charge is 0.133 e. The van der Waals surface area contributed by atoms with Crippen molar-refractivity contribution in [2.75, 3.05) is 0 Å². The minimum Gasteiger partial charge on any atom is -0.508 e. The molecule has 21 heavy (non-hydrogen) atoms. The Labute approximate surface area is 126 Å². The van der Waals surface area contributed by atoms with Gasteiger partial charge in [0, 0.05) is 18.3 Å². The second-order valence-electron chi connectivity index (χ2n) is 7.50. The van der Waals surface area contributed by atoms with Crippen LogP contribution >= 0.6 is 0 Å². The molecule has 0 aromatic heterocycles. The zero-order chi connectivity index (χ0) is 14.7. The number of aromatic hydroxyl groups is 1. The molecule has 2 bridgehead atoms. The lowest BCUT2D eigenvalue weighted by atomic mass is 9.32. The number of benzene rings is 1. The van der Waals surface area contributed by atoms with E-state index in [1.54, 1.807) is 0 Å². The summed E-state index contributed by atoms with van der Waals surface area (Å²) < 4.78 is 0. The van der Waals surface area contributed by atoms with E-state index in [0.717, 1.165) is 25.7 Å². The maximum atomic E-state index is 12.2. The van der Waals surface area contributed by atoms with Crippen molar-refractivity contribution in [3.05, 3.63) is 29.3 Å². The number of phenolic OH excluding ortho intramolecular Hbond substituents is 1. The van der Waals surface area contributed by atoms with E-state index in [9.17, 15) is 9.90 Å². The van der Waals surface area contributed by atoms with E-state index in [0.29, 0.717) is 17.5 Å². The van der Waals surface area contributed by atoms with Gasteiger partial charge < -0.3 is 5.11 Å². The molecule has 3 aliphatic rings. The first-order valence-electron chi connectivity index (χ1n) is 8.45. The quantitative estimate of drug-likeness (QED) is 0.906. The van der Waals surface area contributed by atoms with Crippen LogP contribution in [0.15, 0.2) is 18.2 Å². The normalized spacial score (nSPS) is 36.6. The van der Waals surface area contributed by atoms with E-state index >= 15 is 0 Å². The molecule has 3 atom stereocenters. The van der Waals surface area contributed by atoms with Crippen LogP contribution in [0.1, 0.15) is 63.0 Å². The number of hydrogen-bond donors (Lipinski definition) is 1. The summed E-state index contributed by atoms with van der Waals surface area (Å²) in [6.45, 7) is 2.24. The van der Waals surface area contributed by atoms with Gasteiger partial charge in [0.2, 0.25) is 0 Å². The van der Waals surface area contributed by atoms with Crippen LogP contribution < -0.4 is 0 Å². The van der Waals surface area contributed by atoms with Gasteiger partial charge in [0.25, 0.3) is 0 Å². The fourth-order valence-electron chi connectivity index (χ4n) is 5.82. The van der Waals surface area contributed by atoms with Gasteiger partial charge in [-0.15, -0.1) is 0 Å². The van der Waals surface area contributed by atoms with Crippen LogP contribution in [0.4, 0.5) is 0 Å². The molecule has 1 N–H and O–H groups in total. The molecule has 1 unspecified atom stereocenters. The van der Waals surface area contributed by atoms with Gasteiger partial charge >= 0.3 is 0 Å². The molecule has 2 fully saturated rings. The number of carbonyl (C=O) groups excluding carboxylic acids is 1. The van der Waals surface area contributed by atoms with Gasteiger partial charge in [-0.05, 0) is 60.3 Å². The van der Waals surface area contributed by atoms with Crippen LogP contribution in [-0.4, -0.2) is 10.9 Å². The second-order valence-corrected chi connectivity index (χ2v) is 7.50. The average molecular weight is 284 g/mol. The molecule has 0 saturated heterocycles. The summed E-state index contributed by atoms with van der Waals surface area (Å²) in [6, 6.07) is 5.95. The molecule has 0 heterocycles. The second kappa shape index (κ2) is 4.34. The highest BCUT2D eigenvalue weighted by Gasteiger charge is 2.69. The van der Waals surface area contributed by atoms with Gasteiger partial charge in [-0.2, -0.15) is 0 Å². The Morgan fingerprint density at radius 1 is 1.38 bits per heavy atom. The summed E-state index contributed by atoms with van der Waals surface area (Å²) in [4.78, 5) is 12.2. The minimum atomic E-state index is 0.238. The summed E-state index contributed by atoms with van der Waals surface area (Å²) in [7, 11) is 0. The molecule has 1 spiro atoms. The van der Waals surface area contributed by atoms with Crippen molar-refractivity contribution >= 4 is 5.78 Å². The molecule has 1 aromatic carbocycles. The number of Topliss-reactive ketones (excluding diaryl/α,β-unsaturated/α-hetero) is 1. The summed E-state index contributed by atoms with van der Waals surface area (Å²) >= 11 is 0. The lowest BCUT2D eigenvalue weighted by Crippen LogP contribution is -2.67. The minimum absolute atomic E-state index is 0.238. The first kappa shape index (κ1) is 13.4. The SMILES string of the molecule is CCCC[C@@]12CC(=O)CC[C@]13CC2Cc1cc(O)ccc13. The van der Waals surface area contributed by atoms with Crippen LogP contribution in [-0.2, 0) is 16.6 Å². The number of phenols is 1. The Morgan fingerprint density at radius 3 is 3.05 bits per heavy atom. The molecule has 4 rings (SSSR count). The molecule has 112 valence electrons. The van der Waals surface area contributed by atoms with E-state index in [1.165, 1.54) is 36.8 Å². The number of hydrogen-bond acceptors (Lipinski definition) is 2. The third kappa shape index (κ3) is 1.56. The van der Waals surface area contributed by atoms with Crippen molar-refractivity contribution in [2.24, 2.45) is 11.3 Å². The molecule has 2 saturated carbocycles. The zero-order valence-electron chi connectivity index (χ0n) is 12.8. The summed E-state index contributed by atoms with van der Waals surface area (Å²) in [5.41, 5.74) is 3.27. The van der Waals surface area contributed by atoms with Gasteiger partial charge in [-0.1, -0.05) is 25.8 Å². The van der Waals surface area contributed by atoms with Gasteiger partial charge in [-0.25, -0.2) is 0 Å². The topological polar surface area (TPSA) is 37.3 Å². The first-order chi connectivity index (χ1) is 10.1. The third-order valence-electron chi connectivity index (χ3n) is 6.72. The molecule has 1 aromatic rings. The van der Waals surface area contributed by atoms with Gasteiger partial charge in [0.05, 0.1) is 0 Å². The fraction of sp³-hybridized carbons (Fsp3) is 0.632. The predicted octanol–water partition coefficient (Wildman–Crippen LogP) is 4.14. The zero-order valence-corrected chi connectivity index (χ0v) is 12.8. The van der Waals surface area contributed by atoms with Crippen molar-refractivity contribution in [3.63, 3.8) is 0 Å². The van der Waals surface area contributed by atoms with Crippen molar-refractivity contribution < 1.29 is 9.90 Å². The molecule has 0 amide bonds. The highest BCUT2D eigenvalue weighted by atomic mass is 16.3. The summed E-state index contributed by atoms with van der Waals surface area (Å²) in [5, 5.41) is 9.78. The molecule has 3 aliphatic carbocycles. The number of carbonyl (C=O) groups is 1. The van der Waals surface area contributed by atoms with Crippen LogP contribution in [0.25, 0.3) is 0 Å². The highest BCUT2D eigenvalue weighted by molar-refractivity contribution is 5.82. The van der Waals surface area contributed by atoms with Crippen molar-refractivity contribution in [1.82, 2.24) is 0 Å². The standard InChI is InChI=1S/C19H24O2/c1-2-3-7-18-12-16(21)6-8-19(18)11-14(18)9-13-10-15(20)4-5-17(13)19/h4-5,10,14,20H,2-3,6-9,11-12H2,1H3/t14?,18-,19+/m0/s1. The van der Waals surface area contributed by atoms with Gasteiger partial charge in [-0.3, -0.25) is 4.79 Å². The summed E-state index contributed by atoms with van der Waals surface area (Å²) in [6.07, 6.45) is 8.56. The Bertz CT molecular complexity index is 606. The lowest BCUT2D eigenvalue weighted by Gasteiger charge is -2.71. The Balaban J connectivity index is 1.82. The fourth-order valence-corrected chi connectivity index (χ4v) is 5.82. The predicted molar refractivity (Wildman–Crippen MR) is 82.4 cm³/mol. The maximum Gasteiger partial charge on any atom is 0.133 e. The summed E-state index contributed by atoms with van der Waals surface area (Å²) in [5.74, 6) is 1.52. The number of unbranched alkanes of at least 4 members (excludes halogenated alkanes) is 1. The Kier molecular flexibility index (Phi) is 2.76. The molecule has 2 heteroatoms. The van der Waals surface area contributed by atoms with Crippen molar-refractivity contribution in [1.29, 1.82) is 0 Å². The van der Waals surface area contributed by atoms with Gasteiger partial charge in [0.15, 0.2) is 0 Å². The van der Waals surface area contributed by atoms with E-state index in [-0.39, 0.29) is 10.8 Å². The average Bonchev–Trinajstić information content (AvgIpc) is 2.47. The maximum absolute atomic E-state index is 12.2. The van der Waals surface area contributed by atoms with Crippen LogP contribution in [0, 0.1) is 11.3 Å². The first-order valence-corrected chi connectivity index (χ1v) is 8.45. The molecular formula is C19H24O2. The number of rotatable bonds is 3. The van der Waals surface area contributed by atoms with E-state index in [4.69, 9.17) is 0 Å².